The lowest BCUT2D eigenvalue weighted by Crippen LogP contribution is -2.07. The number of hydrogen-bond acceptors (Lipinski definition) is 3. The molecule has 0 saturated carbocycles. The average Bonchev–Trinajstić information content (AvgIpc) is 2.67. The zero-order valence-corrected chi connectivity index (χ0v) is 7.56. The van der Waals surface area contributed by atoms with Crippen molar-refractivity contribution >= 4 is 10.8 Å². The summed E-state index contributed by atoms with van der Waals surface area (Å²) in [6.45, 7) is 1.05. The molecule has 0 radical (unpaired) electrons. The van der Waals surface area contributed by atoms with Crippen LogP contribution in [-0.2, 0) is 20.3 Å². The van der Waals surface area contributed by atoms with Crippen LogP contribution >= 0.6 is 0 Å². The lowest BCUT2D eigenvalue weighted by Gasteiger charge is -2.07. The molecule has 4 heteroatoms. The van der Waals surface area contributed by atoms with Gasteiger partial charge >= 0.3 is 0 Å². The Morgan fingerprint density at radius 3 is 3.00 bits per heavy atom. The molecule has 3 nitrogen and oxygen atoms in total. The molecule has 1 heterocycles. The van der Waals surface area contributed by atoms with E-state index in [4.69, 9.17) is 16.3 Å². The number of ether oxygens (including phenoxy) is 2. The maximum atomic E-state index is 11.4. The topological polar surface area (TPSA) is 35.5 Å². The first-order valence-electron chi connectivity index (χ1n) is 6.39. The van der Waals surface area contributed by atoms with Gasteiger partial charge in [-0.05, 0) is 19.3 Å². The fourth-order valence-corrected chi connectivity index (χ4v) is 1.34. The second-order valence-electron chi connectivity index (χ2n) is 2.48. The van der Waals surface area contributed by atoms with Gasteiger partial charge in [-0.25, -0.2) is 0 Å². The summed E-state index contributed by atoms with van der Waals surface area (Å²) in [5.74, 6) is 0. The summed E-state index contributed by atoms with van der Waals surface area (Å²) < 4.78 is 57.5. The normalized spacial score (nSPS) is 29.8. The molecule has 0 N–H and O–H groups in total. The van der Waals surface area contributed by atoms with Gasteiger partial charge in [0.05, 0.1) is 13.2 Å². The summed E-state index contributed by atoms with van der Waals surface area (Å²) in [7, 11) is -2.50. The summed E-state index contributed by atoms with van der Waals surface area (Å²) in [5.41, 5.74) is -2.20. The highest BCUT2D eigenvalue weighted by molar-refractivity contribution is 7.84. The third-order valence-corrected chi connectivity index (χ3v) is 2.01. The third kappa shape index (κ3) is 4.18. The van der Waals surface area contributed by atoms with E-state index in [1.807, 2.05) is 0 Å². The van der Waals surface area contributed by atoms with Crippen LogP contribution < -0.4 is 0 Å². The molecule has 1 fully saturated rings. The van der Waals surface area contributed by atoms with Crippen molar-refractivity contribution in [3.63, 3.8) is 0 Å². The van der Waals surface area contributed by atoms with E-state index in [0.717, 1.165) is 0 Å². The Bertz CT molecular complexity index is 275. The fraction of sp³-hybridized carbons (Fsp3) is 1.00. The van der Waals surface area contributed by atoms with E-state index in [9.17, 15) is 4.21 Å². The Hall–Kier alpha value is 0.0700. The largest absolute Gasteiger partial charge is 0.350 e. The van der Waals surface area contributed by atoms with Crippen molar-refractivity contribution in [2.45, 2.75) is 25.6 Å². The molecular formula is C8H16O3S. The molecule has 1 aliphatic heterocycles. The van der Waals surface area contributed by atoms with E-state index in [2.05, 4.69) is 0 Å². The van der Waals surface area contributed by atoms with Crippen molar-refractivity contribution in [3.8, 4) is 0 Å². The van der Waals surface area contributed by atoms with Crippen molar-refractivity contribution in [3.05, 3.63) is 0 Å². The van der Waals surface area contributed by atoms with Gasteiger partial charge in [0.1, 0.15) is 0 Å². The average molecular weight is 198 g/mol. The highest BCUT2D eigenvalue weighted by Gasteiger charge is 2.14. The quantitative estimate of drug-likeness (QED) is 0.616. The van der Waals surface area contributed by atoms with Crippen LogP contribution in [0.5, 0.6) is 0 Å². The van der Waals surface area contributed by atoms with E-state index >= 15 is 0 Å². The van der Waals surface area contributed by atoms with Crippen LogP contribution in [0.15, 0.2) is 0 Å². The van der Waals surface area contributed by atoms with Gasteiger partial charge in [-0.2, -0.15) is 0 Å². The predicted molar refractivity (Wildman–Crippen MR) is 48.5 cm³/mol. The monoisotopic (exact) mass is 198 g/mol. The third-order valence-electron chi connectivity index (χ3n) is 1.54. The molecule has 0 bridgehead atoms. The van der Waals surface area contributed by atoms with E-state index in [0.29, 0.717) is 26.1 Å². The maximum Gasteiger partial charge on any atom is 0.157 e. The SMILES string of the molecule is [2H]C([2H])([2H])S(=O)C([2H])([2H])[13CH2]CCC1OCCO1. The van der Waals surface area contributed by atoms with Gasteiger partial charge in [-0.3, -0.25) is 4.21 Å². The van der Waals surface area contributed by atoms with Gasteiger partial charge in [0, 0.05) is 29.5 Å². The summed E-state index contributed by atoms with van der Waals surface area (Å²) in [4.78, 5) is 0. The summed E-state index contributed by atoms with van der Waals surface area (Å²) >= 11 is 0. The Morgan fingerprint density at radius 1 is 1.58 bits per heavy atom. The zero-order valence-electron chi connectivity index (χ0n) is 11.7. The van der Waals surface area contributed by atoms with E-state index in [-0.39, 0.29) is 12.7 Å². The first-order valence-corrected chi connectivity index (χ1v) is 5.04. The smallest absolute Gasteiger partial charge is 0.157 e. The second-order valence-corrected chi connectivity index (χ2v) is 3.30. The lowest BCUT2D eigenvalue weighted by molar-refractivity contribution is -0.0477. The van der Waals surface area contributed by atoms with Crippen molar-refractivity contribution < 1.29 is 20.5 Å². The van der Waals surface area contributed by atoms with Gasteiger partial charge < -0.3 is 9.47 Å². The van der Waals surface area contributed by atoms with E-state index in [1.54, 1.807) is 0 Å². The van der Waals surface area contributed by atoms with E-state index < -0.39 is 22.7 Å². The fourth-order valence-electron chi connectivity index (χ4n) is 1.01. The molecule has 0 aromatic carbocycles. The first kappa shape index (κ1) is 5.08. The number of hydrogen-bond donors (Lipinski definition) is 0. The standard InChI is InChI=1S/C8H16O3S/c1-12(9)7-3-2-4-8-10-5-6-11-8/h8H,2-7H2,1H3/i1D3,3+1,7D2. The molecule has 0 aliphatic carbocycles. The summed E-state index contributed by atoms with van der Waals surface area (Å²) in [5, 5.41) is 0. The maximum absolute atomic E-state index is 11.4. The van der Waals surface area contributed by atoms with Crippen LogP contribution in [-0.4, -0.2) is 35.6 Å². The van der Waals surface area contributed by atoms with Crippen LogP contribution in [0, 0.1) is 0 Å². The Kier molecular flexibility index (Phi) is 2.40. The minimum absolute atomic E-state index is 0.0821. The molecular weight excluding hydrogens is 177 g/mol. The molecule has 0 aromatic heterocycles. The van der Waals surface area contributed by atoms with Crippen molar-refractivity contribution in [1.29, 1.82) is 0 Å². The summed E-state index contributed by atoms with van der Waals surface area (Å²) in [6.07, 6.45) is -2.34. The Morgan fingerprint density at radius 2 is 2.33 bits per heavy atom. The molecule has 1 saturated heterocycles. The van der Waals surface area contributed by atoms with Crippen molar-refractivity contribution in [2.24, 2.45) is 0 Å². The van der Waals surface area contributed by atoms with Crippen LogP contribution in [0.4, 0.5) is 0 Å². The molecule has 1 unspecified atom stereocenters. The first-order chi connectivity index (χ1) is 7.73. The second kappa shape index (κ2) is 5.67. The molecule has 72 valence electrons. The van der Waals surface area contributed by atoms with Crippen LogP contribution in [0.25, 0.3) is 0 Å². The highest BCUT2D eigenvalue weighted by atomic mass is 32.2. The zero-order chi connectivity index (χ0) is 13.1. The van der Waals surface area contributed by atoms with E-state index in [1.165, 1.54) is 0 Å². The van der Waals surface area contributed by atoms with Crippen molar-refractivity contribution in [1.82, 2.24) is 0 Å². The highest BCUT2D eigenvalue weighted by Crippen LogP contribution is 2.11. The Balaban J connectivity index is 2.35. The molecule has 1 rings (SSSR count). The lowest BCUT2D eigenvalue weighted by atomic mass is 10.4. The molecule has 12 heavy (non-hydrogen) atoms. The minimum Gasteiger partial charge on any atom is -0.350 e. The Labute approximate surface area is 82.9 Å². The van der Waals surface area contributed by atoms with Crippen molar-refractivity contribution in [2.75, 3.05) is 25.1 Å². The number of rotatable bonds is 5. The molecule has 1 aliphatic rings. The van der Waals surface area contributed by atoms with Gasteiger partial charge in [-0.1, -0.05) is 0 Å². The minimum atomic E-state index is -2.77. The molecule has 0 amide bonds. The molecule has 0 aromatic rings. The molecule has 1 atom stereocenters. The van der Waals surface area contributed by atoms with Gasteiger partial charge in [0.2, 0.25) is 0 Å². The predicted octanol–water partition coefficient (Wildman–Crippen LogP) is 0.908. The van der Waals surface area contributed by atoms with Gasteiger partial charge in [0.15, 0.2) is 6.29 Å². The van der Waals surface area contributed by atoms with Crippen LogP contribution in [0.1, 0.15) is 26.1 Å². The van der Waals surface area contributed by atoms with Gasteiger partial charge in [-0.15, -0.1) is 0 Å². The van der Waals surface area contributed by atoms with Crippen LogP contribution in [0.2, 0.25) is 0 Å². The van der Waals surface area contributed by atoms with Crippen LogP contribution in [0.3, 0.4) is 0 Å². The summed E-state index contributed by atoms with van der Waals surface area (Å²) in [6, 6.07) is 0. The van der Waals surface area contributed by atoms with Gasteiger partial charge in [0.25, 0.3) is 0 Å². The molecule has 0 spiro atoms.